The first-order chi connectivity index (χ1) is 13.4. The average Bonchev–Trinajstić information content (AvgIpc) is 3.01. The maximum atomic E-state index is 12.6. The van der Waals surface area contributed by atoms with Crippen LogP contribution in [0.5, 0.6) is 0 Å². The van der Waals surface area contributed by atoms with Gasteiger partial charge in [-0.2, -0.15) is 0 Å². The second-order valence-corrected chi connectivity index (χ2v) is 6.61. The van der Waals surface area contributed by atoms with E-state index in [9.17, 15) is 14.4 Å². The molecule has 7 heteroatoms. The van der Waals surface area contributed by atoms with E-state index in [2.05, 4.69) is 5.32 Å². The van der Waals surface area contributed by atoms with Gasteiger partial charge in [-0.3, -0.25) is 14.4 Å². The van der Waals surface area contributed by atoms with Crippen LogP contribution in [0.25, 0.3) is 0 Å². The zero-order chi connectivity index (χ0) is 20.7. The number of aryl methyl sites for hydroxylation is 1. The smallest absolute Gasteiger partial charge is 0.311 e. The Hall–Kier alpha value is -3.09. The first kappa shape index (κ1) is 21.2. The highest BCUT2D eigenvalue weighted by Crippen LogP contribution is 2.20. The van der Waals surface area contributed by atoms with E-state index >= 15 is 0 Å². The van der Waals surface area contributed by atoms with E-state index in [-0.39, 0.29) is 23.7 Å². The quantitative estimate of drug-likeness (QED) is 0.684. The van der Waals surface area contributed by atoms with Crippen molar-refractivity contribution in [1.82, 2.24) is 4.90 Å². The van der Waals surface area contributed by atoms with Gasteiger partial charge in [0.1, 0.15) is 12.2 Å². The van der Waals surface area contributed by atoms with E-state index in [1.54, 1.807) is 31.2 Å². The Morgan fingerprint density at radius 3 is 2.21 bits per heavy atom. The number of nitrogens with one attached hydrogen (secondary N) is 1. The largest absolute Gasteiger partial charge is 0.481 e. The fraction of sp³-hybridized carbons (Fsp3) is 0.381. The third-order valence-corrected chi connectivity index (χ3v) is 4.25. The highest BCUT2D eigenvalue weighted by atomic mass is 16.4. The van der Waals surface area contributed by atoms with Gasteiger partial charge < -0.3 is 19.7 Å². The molecule has 0 atom stereocenters. The van der Waals surface area contributed by atoms with Gasteiger partial charge >= 0.3 is 5.97 Å². The van der Waals surface area contributed by atoms with Crippen LogP contribution in [0.2, 0.25) is 0 Å². The van der Waals surface area contributed by atoms with Gasteiger partial charge in [-0.15, -0.1) is 0 Å². The van der Waals surface area contributed by atoms with Gasteiger partial charge in [-0.1, -0.05) is 13.8 Å². The van der Waals surface area contributed by atoms with Crippen LogP contribution in [0, 0.1) is 6.92 Å². The van der Waals surface area contributed by atoms with E-state index in [4.69, 9.17) is 9.52 Å². The van der Waals surface area contributed by atoms with Crippen LogP contribution in [-0.4, -0.2) is 40.9 Å². The normalized spacial score (nSPS) is 10.5. The number of anilines is 1. The lowest BCUT2D eigenvalue weighted by Crippen LogP contribution is -2.32. The second-order valence-electron chi connectivity index (χ2n) is 6.61. The molecule has 0 spiro atoms. The summed E-state index contributed by atoms with van der Waals surface area (Å²) in [4.78, 5) is 37.9. The molecule has 0 fully saturated rings. The molecule has 0 radical (unpaired) electrons. The monoisotopic (exact) mass is 386 g/mol. The summed E-state index contributed by atoms with van der Waals surface area (Å²) in [5, 5.41) is 11.7. The van der Waals surface area contributed by atoms with Crippen molar-refractivity contribution in [2.45, 2.75) is 40.0 Å². The number of hydrogen-bond donors (Lipinski definition) is 2. The molecule has 1 aromatic carbocycles. The van der Waals surface area contributed by atoms with Crippen LogP contribution in [0.1, 0.15) is 58.7 Å². The molecule has 1 aromatic heterocycles. The molecule has 7 nitrogen and oxygen atoms in total. The van der Waals surface area contributed by atoms with Crippen molar-refractivity contribution in [2.75, 3.05) is 18.4 Å². The van der Waals surface area contributed by atoms with Gasteiger partial charge in [0.2, 0.25) is 0 Å². The molecular weight excluding hydrogens is 360 g/mol. The van der Waals surface area contributed by atoms with Gasteiger partial charge in [0.05, 0.1) is 11.8 Å². The van der Waals surface area contributed by atoms with Crippen molar-refractivity contribution in [3.05, 3.63) is 53.0 Å². The number of hydrogen-bond acceptors (Lipinski definition) is 4. The Bertz CT molecular complexity index is 833. The summed E-state index contributed by atoms with van der Waals surface area (Å²) in [6.07, 6.45) is 2.78. The predicted molar refractivity (Wildman–Crippen MR) is 106 cm³/mol. The molecule has 1 heterocycles. The van der Waals surface area contributed by atoms with Crippen molar-refractivity contribution < 1.29 is 23.9 Å². The van der Waals surface area contributed by atoms with Gasteiger partial charge in [-0.25, -0.2) is 0 Å². The van der Waals surface area contributed by atoms with E-state index in [1.807, 2.05) is 18.7 Å². The Labute approximate surface area is 164 Å². The highest BCUT2D eigenvalue weighted by Gasteiger charge is 2.21. The van der Waals surface area contributed by atoms with Gasteiger partial charge in [0, 0.05) is 29.9 Å². The topological polar surface area (TPSA) is 99.9 Å². The summed E-state index contributed by atoms with van der Waals surface area (Å²) in [5.74, 6) is -1.43. The average molecular weight is 386 g/mol. The van der Waals surface area contributed by atoms with Crippen LogP contribution in [0.15, 0.2) is 34.9 Å². The number of benzene rings is 1. The number of carbonyl (C=O) groups excluding carboxylic acids is 2. The summed E-state index contributed by atoms with van der Waals surface area (Å²) in [6.45, 7) is 7.16. The summed E-state index contributed by atoms with van der Waals surface area (Å²) < 4.78 is 5.20. The van der Waals surface area contributed by atoms with E-state index in [0.29, 0.717) is 29.9 Å². The van der Waals surface area contributed by atoms with E-state index < -0.39 is 11.9 Å². The summed E-state index contributed by atoms with van der Waals surface area (Å²) in [7, 11) is 0. The molecule has 2 aromatic rings. The molecule has 2 N–H and O–H groups in total. The van der Waals surface area contributed by atoms with Crippen LogP contribution < -0.4 is 5.32 Å². The number of furan rings is 1. The van der Waals surface area contributed by atoms with E-state index in [0.717, 1.165) is 12.8 Å². The van der Waals surface area contributed by atoms with Gasteiger partial charge in [0.25, 0.3) is 11.8 Å². The number of carboxylic acids is 1. The minimum atomic E-state index is -1.07. The van der Waals surface area contributed by atoms with Crippen molar-refractivity contribution in [1.29, 1.82) is 0 Å². The van der Waals surface area contributed by atoms with Crippen LogP contribution in [0.3, 0.4) is 0 Å². The molecule has 2 rings (SSSR count). The second kappa shape index (κ2) is 9.73. The number of aliphatic carboxylic acids is 1. The van der Waals surface area contributed by atoms with Crippen LogP contribution in [-0.2, 0) is 11.2 Å². The fourth-order valence-electron chi connectivity index (χ4n) is 3.00. The first-order valence-corrected chi connectivity index (χ1v) is 9.36. The maximum Gasteiger partial charge on any atom is 0.311 e. The lowest BCUT2D eigenvalue weighted by molar-refractivity contribution is -0.136. The highest BCUT2D eigenvalue weighted by molar-refractivity contribution is 6.06. The molecule has 150 valence electrons. The Morgan fingerprint density at radius 2 is 1.68 bits per heavy atom. The molecule has 0 unspecified atom stereocenters. The zero-order valence-electron chi connectivity index (χ0n) is 16.4. The molecule has 0 aliphatic carbocycles. The SMILES string of the molecule is CCCN(CCC)C(=O)c1ccc(NC(=O)c2c(C)coc2CC(=O)O)cc1. The molecular formula is C21H26N2O5. The summed E-state index contributed by atoms with van der Waals surface area (Å²) in [5.41, 5.74) is 1.86. The van der Waals surface area contributed by atoms with Crippen molar-refractivity contribution in [2.24, 2.45) is 0 Å². The molecule has 0 aliphatic heterocycles. The Morgan fingerprint density at radius 1 is 1.07 bits per heavy atom. The zero-order valence-corrected chi connectivity index (χ0v) is 16.4. The Kier molecular flexibility index (Phi) is 7.37. The third kappa shape index (κ3) is 5.22. The van der Waals surface area contributed by atoms with Crippen molar-refractivity contribution >= 4 is 23.5 Å². The standard InChI is InChI=1S/C21H26N2O5/c1-4-10-23(11-5-2)21(27)15-6-8-16(9-7-15)22-20(26)19-14(3)13-28-17(19)12-18(24)25/h6-9,13H,4-5,10-12H2,1-3H3,(H,22,26)(H,24,25). The van der Waals surface area contributed by atoms with E-state index in [1.165, 1.54) is 6.26 Å². The molecule has 0 bridgehead atoms. The minimum Gasteiger partial charge on any atom is -0.481 e. The Balaban J connectivity index is 2.12. The number of amides is 2. The summed E-state index contributed by atoms with van der Waals surface area (Å²) in [6, 6.07) is 6.67. The van der Waals surface area contributed by atoms with Crippen molar-refractivity contribution in [3.63, 3.8) is 0 Å². The number of carbonyl (C=O) groups is 3. The predicted octanol–water partition coefficient (Wildman–Crippen LogP) is 3.73. The third-order valence-electron chi connectivity index (χ3n) is 4.25. The lowest BCUT2D eigenvalue weighted by atomic mass is 10.1. The fourth-order valence-corrected chi connectivity index (χ4v) is 3.00. The lowest BCUT2D eigenvalue weighted by Gasteiger charge is -2.21. The molecule has 2 amide bonds. The number of nitrogens with zero attached hydrogens (tertiary/aromatic N) is 1. The van der Waals surface area contributed by atoms with Gasteiger partial charge in [0.15, 0.2) is 0 Å². The minimum absolute atomic E-state index is 0.0315. The van der Waals surface area contributed by atoms with Crippen LogP contribution in [0.4, 0.5) is 5.69 Å². The van der Waals surface area contributed by atoms with Gasteiger partial charge in [-0.05, 0) is 44.0 Å². The number of rotatable bonds is 9. The number of carboxylic acid groups (broad SMARTS) is 1. The van der Waals surface area contributed by atoms with Crippen LogP contribution >= 0.6 is 0 Å². The molecule has 0 saturated carbocycles. The maximum absolute atomic E-state index is 12.6. The van der Waals surface area contributed by atoms with Crippen molar-refractivity contribution in [3.8, 4) is 0 Å². The first-order valence-electron chi connectivity index (χ1n) is 9.36. The summed E-state index contributed by atoms with van der Waals surface area (Å²) >= 11 is 0. The molecule has 0 saturated heterocycles. The molecule has 28 heavy (non-hydrogen) atoms. The molecule has 0 aliphatic rings.